The van der Waals surface area contributed by atoms with E-state index in [0.717, 1.165) is 10.9 Å². The molecule has 1 amide bonds. The molecular weight excluding hydrogens is 279 g/mol. The highest BCUT2D eigenvalue weighted by atomic mass is 19.1. The van der Waals surface area contributed by atoms with Crippen molar-refractivity contribution in [3.63, 3.8) is 0 Å². The molecule has 0 fully saturated rings. The average molecular weight is 296 g/mol. The molecular formula is C18H17FN2O. The second kappa shape index (κ2) is 6.80. The topological polar surface area (TPSA) is 42.0 Å². The van der Waals surface area contributed by atoms with E-state index in [9.17, 15) is 9.18 Å². The molecule has 0 spiro atoms. The molecule has 1 aromatic carbocycles. The Balaban J connectivity index is 2.10. The maximum absolute atomic E-state index is 12.6. The molecule has 1 atom stereocenters. The Morgan fingerprint density at radius 2 is 2.05 bits per heavy atom. The summed E-state index contributed by atoms with van der Waals surface area (Å²) in [5.41, 5.74) is 1.89. The number of rotatable bonds is 5. The van der Waals surface area contributed by atoms with Gasteiger partial charge in [0.2, 0.25) is 0 Å². The fraction of sp³-hybridized carbons (Fsp3) is 0.111. The number of fused-ring (bicyclic) bond motifs is 1. The summed E-state index contributed by atoms with van der Waals surface area (Å²) >= 11 is 0. The average Bonchev–Trinajstić information content (AvgIpc) is 2.51. The number of halogens is 1. The van der Waals surface area contributed by atoms with E-state index in [4.69, 9.17) is 0 Å². The maximum Gasteiger partial charge on any atom is 0.253 e. The first kappa shape index (κ1) is 15.6. The minimum Gasteiger partial charge on any atom is -0.345 e. The lowest BCUT2D eigenvalue weighted by Gasteiger charge is -2.14. The SMILES string of the molecule is C=C(F)/C=C\C(=C)[C@@H](C)NC(=O)c1cnc2ccccc2c1. The number of para-hydroxylation sites is 1. The van der Waals surface area contributed by atoms with E-state index >= 15 is 0 Å². The first-order valence-corrected chi connectivity index (χ1v) is 6.84. The zero-order valence-electron chi connectivity index (χ0n) is 12.3. The molecule has 1 aromatic heterocycles. The van der Waals surface area contributed by atoms with Gasteiger partial charge in [0, 0.05) is 11.6 Å². The molecule has 0 unspecified atom stereocenters. The van der Waals surface area contributed by atoms with Gasteiger partial charge in [0.25, 0.3) is 5.91 Å². The van der Waals surface area contributed by atoms with E-state index in [1.165, 1.54) is 18.3 Å². The van der Waals surface area contributed by atoms with Crippen LogP contribution in [0.3, 0.4) is 0 Å². The highest BCUT2D eigenvalue weighted by molar-refractivity contribution is 5.97. The Morgan fingerprint density at radius 1 is 1.32 bits per heavy atom. The van der Waals surface area contributed by atoms with Gasteiger partial charge in [0.1, 0.15) is 5.83 Å². The molecule has 0 saturated heterocycles. The van der Waals surface area contributed by atoms with Crippen LogP contribution in [0.1, 0.15) is 17.3 Å². The van der Waals surface area contributed by atoms with E-state index in [2.05, 4.69) is 23.5 Å². The molecule has 0 aliphatic carbocycles. The molecule has 2 aromatic rings. The number of benzene rings is 1. The summed E-state index contributed by atoms with van der Waals surface area (Å²) < 4.78 is 12.6. The molecule has 3 nitrogen and oxygen atoms in total. The fourth-order valence-corrected chi connectivity index (χ4v) is 1.91. The number of carbonyl (C=O) groups excluding carboxylic acids is 1. The largest absolute Gasteiger partial charge is 0.345 e. The summed E-state index contributed by atoms with van der Waals surface area (Å²) in [6, 6.07) is 9.03. The van der Waals surface area contributed by atoms with Crippen molar-refractivity contribution in [2.75, 3.05) is 0 Å². The lowest BCUT2D eigenvalue weighted by molar-refractivity contribution is 0.0945. The number of carbonyl (C=O) groups is 1. The van der Waals surface area contributed by atoms with Crippen LogP contribution >= 0.6 is 0 Å². The van der Waals surface area contributed by atoms with E-state index < -0.39 is 5.83 Å². The summed E-state index contributed by atoms with van der Waals surface area (Å²) in [5.74, 6) is -0.808. The Kier molecular flexibility index (Phi) is 4.84. The third-order valence-corrected chi connectivity index (χ3v) is 3.23. The van der Waals surface area contributed by atoms with Gasteiger partial charge in [-0.25, -0.2) is 4.39 Å². The summed E-state index contributed by atoms with van der Waals surface area (Å²) in [7, 11) is 0. The van der Waals surface area contributed by atoms with Gasteiger partial charge in [-0.1, -0.05) is 37.4 Å². The number of nitrogens with one attached hydrogen (secondary N) is 1. The van der Waals surface area contributed by atoms with Crippen LogP contribution < -0.4 is 5.32 Å². The van der Waals surface area contributed by atoms with Crippen molar-refractivity contribution >= 4 is 16.8 Å². The number of pyridine rings is 1. The van der Waals surface area contributed by atoms with Gasteiger partial charge in [0.05, 0.1) is 17.1 Å². The Labute approximate surface area is 128 Å². The number of nitrogens with zero attached hydrogens (tertiary/aromatic N) is 1. The summed E-state index contributed by atoms with van der Waals surface area (Å²) in [6.07, 6.45) is 4.24. The van der Waals surface area contributed by atoms with Gasteiger partial charge in [0.15, 0.2) is 0 Å². The normalized spacial score (nSPS) is 12.3. The lowest BCUT2D eigenvalue weighted by atomic mass is 10.1. The van der Waals surface area contributed by atoms with Crippen molar-refractivity contribution in [3.05, 3.63) is 78.8 Å². The first-order chi connectivity index (χ1) is 10.5. The fourth-order valence-electron chi connectivity index (χ4n) is 1.91. The van der Waals surface area contributed by atoms with Gasteiger partial charge >= 0.3 is 0 Å². The smallest absolute Gasteiger partial charge is 0.253 e. The third-order valence-electron chi connectivity index (χ3n) is 3.23. The highest BCUT2D eigenvalue weighted by Crippen LogP contribution is 2.13. The predicted molar refractivity (Wildman–Crippen MR) is 87.2 cm³/mol. The van der Waals surface area contributed by atoms with Crippen LogP contribution in [0.5, 0.6) is 0 Å². The van der Waals surface area contributed by atoms with Crippen molar-refractivity contribution in [3.8, 4) is 0 Å². The van der Waals surface area contributed by atoms with Crippen LogP contribution in [0.15, 0.2) is 73.2 Å². The van der Waals surface area contributed by atoms with Crippen molar-refractivity contribution in [2.45, 2.75) is 13.0 Å². The number of amides is 1. The molecule has 0 radical (unpaired) electrons. The molecule has 1 heterocycles. The molecule has 112 valence electrons. The highest BCUT2D eigenvalue weighted by Gasteiger charge is 2.12. The molecule has 0 aliphatic rings. The molecule has 2 rings (SSSR count). The molecule has 0 aliphatic heterocycles. The predicted octanol–water partition coefficient (Wildman–Crippen LogP) is 3.95. The number of allylic oxidation sites excluding steroid dienone is 2. The van der Waals surface area contributed by atoms with E-state index in [1.807, 2.05) is 24.3 Å². The van der Waals surface area contributed by atoms with Gasteiger partial charge in [-0.3, -0.25) is 9.78 Å². The van der Waals surface area contributed by atoms with Crippen LogP contribution in [0.4, 0.5) is 4.39 Å². The Hall–Kier alpha value is -2.75. The van der Waals surface area contributed by atoms with Crippen molar-refractivity contribution < 1.29 is 9.18 Å². The molecule has 0 saturated carbocycles. The van der Waals surface area contributed by atoms with Crippen LogP contribution in [0.25, 0.3) is 10.9 Å². The van der Waals surface area contributed by atoms with Crippen LogP contribution in [0.2, 0.25) is 0 Å². The summed E-state index contributed by atoms with van der Waals surface area (Å²) in [5, 5.41) is 3.70. The van der Waals surface area contributed by atoms with Crippen LogP contribution in [-0.2, 0) is 0 Å². The molecule has 0 bridgehead atoms. The van der Waals surface area contributed by atoms with E-state index in [-0.39, 0.29) is 11.9 Å². The standard InChI is InChI=1S/C18H17FN2O/c1-12(8-9-13(2)19)14(3)21-18(22)16-10-15-6-4-5-7-17(15)20-11-16/h4-11,14H,1-2H2,3H3,(H,21,22)/b9-8-/t14-/m1/s1. The third kappa shape index (κ3) is 3.88. The van der Waals surface area contributed by atoms with E-state index in [0.29, 0.717) is 11.1 Å². The van der Waals surface area contributed by atoms with Gasteiger partial charge in [-0.2, -0.15) is 0 Å². The summed E-state index contributed by atoms with van der Waals surface area (Å²) in [6.45, 7) is 8.71. The van der Waals surface area contributed by atoms with Crippen molar-refractivity contribution in [2.24, 2.45) is 0 Å². The van der Waals surface area contributed by atoms with Crippen molar-refractivity contribution in [1.82, 2.24) is 10.3 Å². The van der Waals surface area contributed by atoms with Gasteiger partial charge < -0.3 is 5.32 Å². The summed E-state index contributed by atoms with van der Waals surface area (Å²) in [4.78, 5) is 16.5. The lowest BCUT2D eigenvalue weighted by Crippen LogP contribution is -2.33. The Bertz CT molecular complexity index is 765. The van der Waals surface area contributed by atoms with Crippen LogP contribution in [-0.4, -0.2) is 16.9 Å². The number of hydrogen-bond acceptors (Lipinski definition) is 2. The molecule has 1 N–H and O–H groups in total. The Morgan fingerprint density at radius 3 is 2.77 bits per heavy atom. The second-order valence-electron chi connectivity index (χ2n) is 4.97. The quantitative estimate of drug-likeness (QED) is 0.849. The van der Waals surface area contributed by atoms with Crippen molar-refractivity contribution in [1.29, 1.82) is 0 Å². The van der Waals surface area contributed by atoms with Gasteiger partial charge in [-0.15, -0.1) is 0 Å². The zero-order valence-corrected chi connectivity index (χ0v) is 12.3. The van der Waals surface area contributed by atoms with E-state index in [1.54, 1.807) is 13.0 Å². The second-order valence-corrected chi connectivity index (χ2v) is 4.97. The molecule has 22 heavy (non-hydrogen) atoms. The number of hydrogen-bond donors (Lipinski definition) is 1. The van der Waals surface area contributed by atoms with Gasteiger partial charge in [-0.05, 0) is 30.7 Å². The molecule has 4 heteroatoms. The first-order valence-electron chi connectivity index (χ1n) is 6.84. The zero-order chi connectivity index (χ0) is 16.1. The maximum atomic E-state index is 12.6. The van der Waals surface area contributed by atoms with Crippen LogP contribution in [0, 0.1) is 0 Å². The minimum atomic E-state index is -0.557. The monoisotopic (exact) mass is 296 g/mol. The number of aromatic nitrogens is 1. The minimum absolute atomic E-state index is 0.251.